The minimum absolute atomic E-state index is 0.912. The van der Waals surface area contributed by atoms with Crippen LogP contribution in [0.4, 0.5) is 0 Å². The first-order valence-corrected chi connectivity index (χ1v) is 14.1. The van der Waals surface area contributed by atoms with Crippen LogP contribution in [0.25, 0.3) is 76.5 Å². The van der Waals surface area contributed by atoms with Crippen LogP contribution < -0.4 is 4.74 Å². The second-order valence-electron chi connectivity index (χ2n) is 10.8. The summed E-state index contributed by atoms with van der Waals surface area (Å²) in [6.07, 6.45) is 0. The van der Waals surface area contributed by atoms with E-state index in [1.807, 2.05) is 6.07 Å². The van der Waals surface area contributed by atoms with E-state index in [1.165, 1.54) is 70.9 Å². The quantitative estimate of drug-likeness (QED) is 0.163. The summed E-state index contributed by atoms with van der Waals surface area (Å²) in [5, 5.41) is 9.99. The van der Waals surface area contributed by atoms with E-state index in [0.717, 1.165) is 17.1 Å². The molecule has 0 aromatic heterocycles. The van der Waals surface area contributed by atoms with Crippen LogP contribution in [0.1, 0.15) is 0 Å². The molecule has 9 rings (SSSR count). The number of para-hydroxylation sites is 1. The van der Waals surface area contributed by atoms with E-state index < -0.39 is 0 Å². The fraction of sp³-hybridized carbons (Fsp3) is 0. The van der Waals surface area contributed by atoms with Crippen molar-refractivity contribution in [2.45, 2.75) is 0 Å². The Balaban J connectivity index is 1.49. The highest BCUT2D eigenvalue weighted by Gasteiger charge is 2.24. The minimum atomic E-state index is 0.912. The second kappa shape index (κ2) is 8.55. The molecule has 0 amide bonds. The van der Waals surface area contributed by atoms with Gasteiger partial charge in [-0.1, -0.05) is 127 Å². The molecule has 0 atom stereocenters. The summed E-state index contributed by atoms with van der Waals surface area (Å²) >= 11 is 0. The van der Waals surface area contributed by atoms with Crippen molar-refractivity contribution in [1.29, 1.82) is 0 Å². The molecular formula is C40H24O. The van der Waals surface area contributed by atoms with Crippen LogP contribution in [-0.4, -0.2) is 0 Å². The van der Waals surface area contributed by atoms with Gasteiger partial charge in [-0.25, -0.2) is 0 Å². The lowest BCUT2D eigenvalue weighted by Crippen LogP contribution is -1.98. The highest BCUT2D eigenvalue weighted by molar-refractivity contribution is 6.29. The van der Waals surface area contributed by atoms with E-state index in [4.69, 9.17) is 4.74 Å². The summed E-state index contributed by atoms with van der Waals surface area (Å²) in [5.74, 6) is 1.83. The Morgan fingerprint density at radius 2 is 1.00 bits per heavy atom. The first-order chi connectivity index (χ1) is 20.4. The molecule has 8 aromatic carbocycles. The summed E-state index contributed by atoms with van der Waals surface area (Å²) in [6, 6.07) is 52.5. The van der Waals surface area contributed by atoms with Crippen LogP contribution in [0, 0.1) is 0 Å². The largest absolute Gasteiger partial charge is 0.456 e. The van der Waals surface area contributed by atoms with E-state index >= 15 is 0 Å². The maximum absolute atomic E-state index is 6.45. The summed E-state index contributed by atoms with van der Waals surface area (Å²) in [7, 11) is 0. The van der Waals surface area contributed by atoms with Crippen molar-refractivity contribution >= 4 is 43.1 Å². The summed E-state index contributed by atoms with van der Waals surface area (Å²) in [6.45, 7) is 0. The number of fused-ring (bicyclic) bond motifs is 6. The van der Waals surface area contributed by atoms with Gasteiger partial charge in [0.05, 0.1) is 0 Å². The summed E-state index contributed by atoms with van der Waals surface area (Å²) in [5.41, 5.74) is 7.38. The SMILES string of the molecule is c1ccc(-c2c3ccccc3c(-c3ccc4c5c(cccc35)-c3ccccc3O4)c3ccc4ccccc4c23)cc1. The molecular weight excluding hydrogens is 496 g/mol. The molecule has 1 aliphatic heterocycles. The Labute approximate surface area is 237 Å². The van der Waals surface area contributed by atoms with Gasteiger partial charge >= 0.3 is 0 Å². The zero-order valence-corrected chi connectivity index (χ0v) is 22.3. The van der Waals surface area contributed by atoms with Gasteiger partial charge < -0.3 is 4.74 Å². The van der Waals surface area contributed by atoms with Crippen LogP contribution in [0.15, 0.2) is 146 Å². The Morgan fingerprint density at radius 1 is 0.317 bits per heavy atom. The van der Waals surface area contributed by atoms with E-state index in [-0.39, 0.29) is 0 Å². The predicted molar refractivity (Wildman–Crippen MR) is 173 cm³/mol. The molecule has 1 nitrogen and oxygen atoms in total. The zero-order valence-electron chi connectivity index (χ0n) is 22.3. The lowest BCUT2D eigenvalue weighted by molar-refractivity contribution is 0.487. The third kappa shape index (κ3) is 3.18. The Kier molecular flexibility index (Phi) is 4.67. The summed E-state index contributed by atoms with van der Waals surface area (Å²) < 4.78 is 6.45. The smallest absolute Gasteiger partial charge is 0.135 e. The molecule has 41 heavy (non-hydrogen) atoms. The van der Waals surface area contributed by atoms with Crippen LogP contribution in [0.2, 0.25) is 0 Å². The third-order valence-electron chi connectivity index (χ3n) is 8.65. The molecule has 1 aliphatic rings. The number of hydrogen-bond donors (Lipinski definition) is 0. The van der Waals surface area contributed by atoms with Crippen molar-refractivity contribution < 1.29 is 4.74 Å². The Bertz CT molecular complexity index is 2330. The third-order valence-corrected chi connectivity index (χ3v) is 8.65. The number of ether oxygens (including phenoxy) is 1. The molecule has 0 unspecified atom stereocenters. The highest BCUT2D eigenvalue weighted by Crippen LogP contribution is 2.51. The van der Waals surface area contributed by atoms with Crippen molar-refractivity contribution in [3.63, 3.8) is 0 Å². The van der Waals surface area contributed by atoms with Gasteiger partial charge in [0.2, 0.25) is 0 Å². The van der Waals surface area contributed by atoms with Gasteiger partial charge in [0, 0.05) is 10.9 Å². The maximum atomic E-state index is 6.45. The molecule has 0 saturated carbocycles. The topological polar surface area (TPSA) is 9.23 Å². The average molecular weight is 521 g/mol. The summed E-state index contributed by atoms with van der Waals surface area (Å²) in [4.78, 5) is 0. The normalized spacial score (nSPS) is 12.1. The van der Waals surface area contributed by atoms with E-state index in [1.54, 1.807) is 0 Å². The van der Waals surface area contributed by atoms with E-state index in [0.29, 0.717) is 0 Å². The number of hydrogen-bond acceptors (Lipinski definition) is 1. The van der Waals surface area contributed by atoms with Gasteiger partial charge in [0.1, 0.15) is 11.5 Å². The first kappa shape index (κ1) is 22.4. The molecule has 0 spiro atoms. The Morgan fingerprint density at radius 3 is 1.88 bits per heavy atom. The van der Waals surface area contributed by atoms with Crippen molar-refractivity contribution in [3.05, 3.63) is 146 Å². The first-order valence-electron chi connectivity index (χ1n) is 14.1. The van der Waals surface area contributed by atoms with E-state index in [9.17, 15) is 0 Å². The molecule has 0 saturated heterocycles. The van der Waals surface area contributed by atoms with Crippen LogP contribution in [-0.2, 0) is 0 Å². The standard InChI is InChI=1S/C40H24O/c1-2-12-26(13-3-1)37-30-16-6-7-17-31(30)38(34-22-21-25-11-4-5-14-27(25)40(34)37)33-23-24-36-39-29(18-10-19-32(33)39)28-15-8-9-20-35(28)41-36/h1-24H. The van der Waals surface area contributed by atoms with Crippen LogP contribution >= 0.6 is 0 Å². The maximum Gasteiger partial charge on any atom is 0.135 e. The lowest BCUT2D eigenvalue weighted by atomic mass is 9.82. The fourth-order valence-corrected chi connectivity index (χ4v) is 6.94. The van der Waals surface area contributed by atoms with Gasteiger partial charge in [-0.05, 0) is 83.7 Å². The molecule has 0 bridgehead atoms. The minimum Gasteiger partial charge on any atom is -0.456 e. The van der Waals surface area contributed by atoms with E-state index in [2.05, 4.69) is 140 Å². The van der Waals surface area contributed by atoms with Gasteiger partial charge in [-0.2, -0.15) is 0 Å². The molecule has 1 heterocycles. The number of benzene rings is 8. The predicted octanol–water partition coefficient (Wildman–Crippen LogP) is 11.4. The molecule has 0 aliphatic carbocycles. The average Bonchev–Trinajstić information content (AvgIpc) is 3.04. The molecule has 190 valence electrons. The lowest BCUT2D eigenvalue weighted by Gasteiger charge is -2.24. The Hall–Kier alpha value is -5.40. The molecule has 1 heteroatoms. The van der Waals surface area contributed by atoms with Gasteiger partial charge in [0.15, 0.2) is 0 Å². The monoisotopic (exact) mass is 520 g/mol. The molecule has 0 N–H and O–H groups in total. The highest BCUT2D eigenvalue weighted by atomic mass is 16.5. The zero-order chi connectivity index (χ0) is 26.9. The number of rotatable bonds is 2. The molecule has 8 aromatic rings. The van der Waals surface area contributed by atoms with Gasteiger partial charge in [-0.15, -0.1) is 0 Å². The second-order valence-corrected chi connectivity index (χ2v) is 10.8. The van der Waals surface area contributed by atoms with Crippen molar-refractivity contribution in [3.8, 4) is 44.9 Å². The van der Waals surface area contributed by atoms with Crippen molar-refractivity contribution in [1.82, 2.24) is 0 Å². The molecule has 0 fully saturated rings. The van der Waals surface area contributed by atoms with Crippen LogP contribution in [0.3, 0.4) is 0 Å². The molecule has 0 radical (unpaired) electrons. The fourth-order valence-electron chi connectivity index (χ4n) is 6.94. The van der Waals surface area contributed by atoms with Crippen molar-refractivity contribution in [2.75, 3.05) is 0 Å². The van der Waals surface area contributed by atoms with Gasteiger partial charge in [0.25, 0.3) is 0 Å². The van der Waals surface area contributed by atoms with Crippen LogP contribution in [0.5, 0.6) is 11.5 Å². The van der Waals surface area contributed by atoms with Crippen molar-refractivity contribution in [2.24, 2.45) is 0 Å². The van der Waals surface area contributed by atoms with Gasteiger partial charge in [-0.3, -0.25) is 0 Å².